The number of rotatable bonds is 5. The predicted molar refractivity (Wildman–Crippen MR) is 92.0 cm³/mol. The van der Waals surface area contributed by atoms with Gasteiger partial charge in [-0.05, 0) is 32.3 Å². The lowest BCUT2D eigenvalue weighted by atomic mass is 10.1. The third-order valence-corrected chi connectivity index (χ3v) is 3.92. The van der Waals surface area contributed by atoms with Gasteiger partial charge in [0.1, 0.15) is 5.82 Å². The molecular weight excluding hydrogens is 288 g/mol. The first-order valence-electron chi connectivity index (χ1n) is 8.06. The van der Waals surface area contributed by atoms with Crippen molar-refractivity contribution < 1.29 is 0 Å². The van der Waals surface area contributed by atoms with Gasteiger partial charge >= 0.3 is 0 Å². The maximum absolute atomic E-state index is 4.69. The van der Waals surface area contributed by atoms with E-state index in [0.717, 1.165) is 29.4 Å². The summed E-state index contributed by atoms with van der Waals surface area (Å²) >= 11 is 0. The Bertz CT molecular complexity index is 814. The van der Waals surface area contributed by atoms with Crippen LogP contribution in [-0.2, 0) is 0 Å². The van der Waals surface area contributed by atoms with E-state index in [1.54, 1.807) is 0 Å². The lowest BCUT2D eigenvalue weighted by Crippen LogP contribution is -2.18. The van der Waals surface area contributed by atoms with Crippen LogP contribution in [0.3, 0.4) is 0 Å². The van der Waals surface area contributed by atoms with E-state index in [-0.39, 0.29) is 6.04 Å². The van der Waals surface area contributed by atoms with Crippen molar-refractivity contribution >= 4 is 11.5 Å². The average Bonchev–Trinajstić information content (AvgIpc) is 3.08. The molecule has 6 heteroatoms. The Labute approximate surface area is 136 Å². The first-order chi connectivity index (χ1) is 10.9. The summed E-state index contributed by atoms with van der Waals surface area (Å²) in [6.45, 7) is 11.3. The van der Waals surface area contributed by atoms with E-state index in [4.69, 9.17) is 0 Å². The number of nitrogens with one attached hydrogen (secondary N) is 1. The van der Waals surface area contributed by atoms with Crippen molar-refractivity contribution in [1.82, 2.24) is 24.4 Å². The zero-order chi connectivity index (χ0) is 16.6. The highest BCUT2D eigenvalue weighted by Crippen LogP contribution is 2.20. The summed E-state index contributed by atoms with van der Waals surface area (Å²) in [4.78, 5) is 4.69. The van der Waals surface area contributed by atoms with E-state index in [1.165, 1.54) is 5.56 Å². The molecule has 3 rings (SSSR count). The highest BCUT2D eigenvalue weighted by molar-refractivity contribution is 5.51. The normalized spacial score (nSPS) is 13.0. The zero-order valence-electron chi connectivity index (χ0n) is 14.4. The number of aryl methyl sites for hydroxylation is 2. The Balaban J connectivity index is 1.86. The highest BCUT2D eigenvalue weighted by atomic mass is 15.3. The van der Waals surface area contributed by atoms with Gasteiger partial charge in [0.2, 0.25) is 0 Å². The molecule has 122 valence electrons. The van der Waals surface area contributed by atoms with Crippen LogP contribution in [0.5, 0.6) is 0 Å². The Morgan fingerprint density at radius 2 is 1.96 bits per heavy atom. The fraction of sp³-hybridized carbons (Fsp3) is 0.471. The Morgan fingerprint density at radius 3 is 2.61 bits per heavy atom. The first-order valence-corrected chi connectivity index (χ1v) is 8.06. The average molecular weight is 312 g/mol. The molecule has 0 unspecified atom stereocenters. The molecule has 0 aliphatic rings. The second-order valence-corrected chi connectivity index (χ2v) is 6.50. The van der Waals surface area contributed by atoms with E-state index in [9.17, 15) is 0 Å². The molecular formula is C17H24N6. The molecule has 0 saturated carbocycles. The Morgan fingerprint density at radius 1 is 1.17 bits per heavy atom. The molecule has 0 radical (unpaired) electrons. The fourth-order valence-electron chi connectivity index (χ4n) is 2.55. The molecule has 23 heavy (non-hydrogen) atoms. The smallest absolute Gasteiger partial charge is 0.157 e. The lowest BCUT2D eigenvalue weighted by molar-refractivity contribution is 0.511. The second-order valence-electron chi connectivity index (χ2n) is 6.50. The van der Waals surface area contributed by atoms with E-state index in [1.807, 2.05) is 28.4 Å². The van der Waals surface area contributed by atoms with Crippen LogP contribution in [0.25, 0.3) is 5.65 Å². The van der Waals surface area contributed by atoms with Gasteiger partial charge in [-0.2, -0.15) is 14.7 Å². The molecule has 6 nitrogen and oxygen atoms in total. The van der Waals surface area contributed by atoms with Crippen LogP contribution in [-0.4, -0.2) is 30.9 Å². The van der Waals surface area contributed by atoms with Gasteiger partial charge in [0.25, 0.3) is 0 Å². The van der Waals surface area contributed by atoms with Crippen molar-refractivity contribution in [1.29, 1.82) is 0 Å². The zero-order valence-corrected chi connectivity index (χ0v) is 14.4. The fourth-order valence-corrected chi connectivity index (χ4v) is 2.55. The van der Waals surface area contributed by atoms with Crippen LogP contribution in [0.15, 0.2) is 24.5 Å². The van der Waals surface area contributed by atoms with E-state index >= 15 is 0 Å². The number of anilines is 1. The molecule has 1 N–H and O–H groups in total. The summed E-state index contributed by atoms with van der Waals surface area (Å²) in [5.41, 5.74) is 4.10. The van der Waals surface area contributed by atoms with Crippen molar-refractivity contribution in [2.75, 3.05) is 11.9 Å². The second kappa shape index (κ2) is 6.02. The number of fused-ring (bicyclic) bond motifs is 1. The molecule has 0 saturated heterocycles. The van der Waals surface area contributed by atoms with Crippen molar-refractivity contribution in [3.63, 3.8) is 0 Å². The molecule has 0 aliphatic heterocycles. The minimum absolute atomic E-state index is 0.256. The van der Waals surface area contributed by atoms with Gasteiger partial charge in [-0.15, -0.1) is 0 Å². The SMILES string of the molecule is Cc1cnn([C@H](C)CNc2cc(C(C)C)nc3cc(C)nn23)c1. The number of hydrogen-bond donors (Lipinski definition) is 1. The van der Waals surface area contributed by atoms with E-state index < -0.39 is 0 Å². The Kier molecular flexibility index (Phi) is 4.07. The van der Waals surface area contributed by atoms with Crippen LogP contribution in [0, 0.1) is 13.8 Å². The number of aromatic nitrogens is 5. The maximum Gasteiger partial charge on any atom is 0.157 e. The summed E-state index contributed by atoms with van der Waals surface area (Å²) in [5.74, 6) is 1.35. The maximum atomic E-state index is 4.69. The van der Waals surface area contributed by atoms with Crippen LogP contribution in [0.4, 0.5) is 5.82 Å². The lowest BCUT2D eigenvalue weighted by Gasteiger charge is -2.16. The molecule has 0 amide bonds. The first kappa shape index (κ1) is 15.5. The van der Waals surface area contributed by atoms with Gasteiger partial charge in [-0.1, -0.05) is 13.8 Å². The summed E-state index contributed by atoms with van der Waals surface area (Å²) in [6.07, 6.45) is 3.95. The van der Waals surface area contributed by atoms with Crippen molar-refractivity contribution in [2.45, 2.75) is 46.6 Å². The summed E-state index contributed by atoms with van der Waals surface area (Å²) in [6, 6.07) is 4.36. The van der Waals surface area contributed by atoms with Crippen molar-refractivity contribution in [2.24, 2.45) is 0 Å². The van der Waals surface area contributed by atoms with Crippen LogP contribution < -0.4 is 5.32 Å². The number of nitrogens with zero attached hydrogens (tertiary/aromatic N) is 5. The van der Waals surface area contributed by atoms with Gasteiger partial charge in [0.05, 0.1) is 17.9 Å². The predicted octanol–water partition coefficient (Wildman–Crippen LogP) is 3.34. The van der Waals surface area contributed by atoms with Gasteiger partial charge in [0.15, 0.2) is 5.65 Å². The van der Waals surface area contributed by atoms with Crippen molar-refractivity contribution in [3.8, 4) is 0 Å². The minimum Gasteiger partial charge on any atom is -0.368 e. The molecule has 0 bridgehead atoms. The summed E-state index contributed by atoms with van der Waals surface area (Å²) in [5, 5.41) is 12.4. The molecule has 0 spiro atoms. The van der Waals surface area contributed by atoms with Gasteiger partial charge < -0.3 is 5.32 Å². The van der Waals surface area contributed by atoms with Crippen LogP contribution in [0.1, 0.15) is 49.7 Å². The quantitative estimate of drug-likeness (QED) is 0.785. The highest BCUT2D eigenvalue weighted by Gasteiger charge is 2.12. The molecule has 0 aliphatic carbocycles. The topological polar surface area (TPSA) is 60.0 Å². The molecule has 1 atom stereocenters. The van der Waals surface area contributed by atoms with Gasteiger partial charge in [-0.3, -0.25) is 4.68 Å². The molecule has 3 heterocycles. The van der Waals surface area contributed by atoms with Gasteiger partial charge in [0, 0.05) is 30.6 Å². The van der Waals surface area contributed by atoms with E-state index in [2.05, 4.69) is 60.5 Å². The van der Waals surface area contributed by atoms with Crippen LogP contribution in [0.2, 0.25) is 0 Å². The monoisotopic (exact) mass is 312 g/mol. The van der Waals surface area contributed by atoms with Gasteiger partial charge in [-0.25, -0.2) is 4.98 Å². The molecule has 0 aromatic carbocycles. The molecule has 3 aromatic heterocycles. The third kappa shape index (κ3) is 3.21. The largest absolute Gasteiger partial charge is 0.368 e. The molecule has 3 aromatic rings. The summed E-state index contributed by atoms with van der Waals surface area (Å²) < 4.78 is 3.86. The third-order valence-electron chi connectivity index (χ3n) is 3.92. The summed E-state index contributed by atoms with van der Waals surface area (Å²) in [7, 11) is 0. The number of hydrogen-bond acceptors (Lipinski definition) is 4. The minimum atomic E-state index is 0.256. The standard InChI is InChI=1S/C17H24N6/c1-11(2)15-7-16(23-17(20-15)6-13(4)21-23)18-9-14(5)22-10-12(3)8-19-22/h6-8,10-11,14,18H,9H2,1-5H3/t14-/m1/s1. The van der Waals surface area contributed by atoms with Crippen molar-refractivity contribution in [3.05, 3.63) is 41.5 Å². The van der Waals surface area contributed by atoms with Crippen LogP contribution >= 0.6 is 0 Å². The Hall–Kier alpha value is -2.37. The molecule has 0 fully saturated rings. The van der Waals surface area contributed by atoms with E-state index in [0.29, 0.717) is 5.92 Å².